The molecule has 4 aromatic carbocycles. The third-order valence-electron chi connectivity index (χ3n) is 6.76. The lowest BCUT2D eigenvalue weighted by Crippen LogP contribution is -2.48. The second kappa shape index (κ2) is 12.4. The Morgan fingerprint density at radius 2 is 1.67 bits per heavy atom. The van der Waals surface area contributed by atoms with Gasteiger partial charge in [-0.15, -0.1) is 0 Å². The van der Waals surface area contributed by atoms with Gasteiger partial charge in [0.1, 0.15) is 11.5 Å². The Bertz CT molecular complexity index is 1490. The van der Waals surface area contributed by atoms with E-state index in [0.29, 0.717) is 42.1 Å². The highest BCUT2D eigenvalue weighted by Gasteiger charge is 2.27. The van der Waals surface area contributed by atoms with Gasteiger partial charge in [0.15, 0.2) is 0 Å². The number of carbonyl (C=O) groups is 1. The first-order valence-electron chi connectivity index (χ1n) is 13.0. The number of aliphatic hydroxyl groups excluding tert-OH is 1. The minimum absolute atomic E-state index is 0.263. The summed E-state index contributed by atoms with van der Waals surface area (Å²) in [6, 6.07) is 30.9. The molecule has 0 radical (unpaired) electrons. The molecule has 4 aromatic rings. The fraction of sp³-hybridized carbons (Fsp3) is 0.182. The van der Waals surface area contributed by atoms with E-state index in [1.165, 1.54) is 5.56 Å². The maximum atomic E-state index is 13.9. The number of para-hydroxylation sites is 1. The second-order valence-corrected chi connectivity index (χ2v) is 10.7. The van der Waals surface area contributed by atoms with Crippen LogP contribution in [-0.4, -0.2) is 29.7 Å². The lowest BCUT2D eigenvalue weighted by atomic mass is 9.98. The predicted molar refractivity (Wildman–Crippen MR) is 159 cm³/mol. The minimum atomic E-state index is -0.805. The fourth-order valence-electron chi connectivity index (χ4n) is 4.76. The summed E-state index contributed by atoms with van der Waals surface area (Å²) in [6.45, 7) is 3.03. The summed E-state index contributed by atoms with van der Waals surface area (Å²) in [7, 11) is 0. The van der Waals surface area contributed by atoms with E-state index >= 15 is 0 Å². The maximum Gasteiger partial charge on any atom is 0.252 e. The van der Waals surface area contributed by atoms with Gasteiger partial charge in [0.05, 0.1) is 17.7 Å². The van der Waals surface area contributed by atoms with Gasteiger partial charge in [-0.1, -0.05) is 100 Å². The third kappa shape index (κ3) is 6.84. The molecule has 0 saturated heterocycles. The summed E-state index contributed by atoms with van der Waals surface area (Å²) in [5, 5.41) is 17.8. The molecule has 1 aliphatic rings. The van der Waals surface area contributed by atoms with Crippen molar-refractivity contribution in [3.8, 4) is 11.5 Å². The van der Waals surface area contributed by atoms with E-state index in [1.54, 1.807) is 0 Å². The third-order valence-corrected chi connectivity index (χ3v) is 7.25. The van der Waals surface area contributed by atoms with E-state index in [9.17, 15) is 9.90 Å². The molecular formula is C33H31BrN2O3. The first kappa shape index (κ1) is 26.9. The largest absolute Gasteiger partial charge is 0.456 e. The Hall–Kier alpha value is -3.71. The van der Waals surface area contributed by atoms with Crippen LogP contribution in [0.4, 0.5) is 0 Å². The monoisotopic (exact) mass is 582 g/mol. The summed E-state index contributed by atoms with van der Waals surface area (Å²) in [4.78, 5) is 13.9. The van der Waals surface area contributed by atoms with Crippen molar-refractivity contribution in [3.63, 3.8) is 0 Å². The van der Waals surface area contributed by atoms with Crippen molar-refractivity contribution in [2.75, 3.05) is 6.54 Å². The average Bonchev–Trinajstić information content (AvgIpc) is 3.09. The van der Waals surface area contributed by atoms with Crippen LogP contribution in [0.5, 0.6) is 11.5 Å². The SMILES string of the molecule is Cc1cccc(CNC[C@@H](O)[C@H](Cc2ccccc2)NC(=O)C2=Cc3ccc(Br)cc3Oc3ccccc32)c1. The van der Waals surface area contributed by atoms with Crippen LogP contribution in [0.3, 0.4) is 0 Å². The van der Waals surface area contributed by atoms with E-state index in [-0.39, 0.29) is 5.91 Å². The van der Waals surface area contributed by atoms with Crippen LogP contribution >= 0.6 is 15.9 Å². The Labute approximate surface area is 237 Å². The summed E-state index contributed by atoms with van der Waals surface area (Å²) in [5.74, 6) is 1.01. The zero-order chi connectivity index (χ0) is 27.2. The molecule has 0 unspecified atom stereocenters. The van der Waals surface area contributed by atoms with Gasteiger partial charge in [0, 0.05) is 28.7 Å². The van der Waals surface area contributed by atoms with Crippen molar-refractivity contribution in [1.82, 2.24) is 10.6 Å². The molecule has 0 fully saturated rings. The van der Waals surface area contributed by atoms with Crippen molar-refractivity contribution in [1.29, 1.82) is 0 Å². The number of ether oxygens (including phenoxy) is 1. The summed E-state index contributed by atoms with van der Waals surface area (Å²) in [6.07, 6.45) is 1.54. The Morgan fingerprint density at radius 3 is 2.49 bits per heavy atom. The van der Waals surface area contributed by atoms with Crippen LogP contribution < -0.4 is 15.4 Å². The number of aryl methyl sites for hydroxylation is 1. The van der Waals surface area contributed by atoms with Crippen molar-refractivity contribution >= 4 is 33.5 Å². The van der Waals surface area contributed by atoms with Crippen LogP contribution in [0, 0.1) is 6.92 Å². The number of amides is 1. The van der Waals surface area contributed by atoms with Crippen LogP contribution in [0.1, 0.15) is 27.8 Å². The van der Waals surface area contributed by atoms with E-state index < -0.39 is 12.1 Å². The van der Waals surface area contributed by atoms with Crippen LogP contribution in [0.2, 0.25) is 0 Å². The van der Waals surface area contributed by atoms with Gasteiger partial charge in [-0.05, 0) is 48.7 Å². The first-order valence-corrected chi connectivity index (χ1v) is 13.8. The number of fused-ring (bicyclic) bond motifs is 2. The molecule has 0 saturated carbocycles. The number of halogens is 1. The molecule has 0 bridgehead atoms. The van der Waals surface area contributed by atoms with Crippen LogP contribution in [0.15, 0.2) is 102 Å². The molecule has 5 rings (SSSR count). The molecule has 3 N–H and O–H groups in total. The van der Waals surface area contributed by atoms with Gasteiger partial charge >= 0.3 is 0 Å². The van der Waals surface area contributed by atoms with E-state index in [4.69, 9.17) is 4.74 Å². The van der Waals surface area contributed by atoms with Crippen molar-refractivity contribution in [3.05, 3.63) is 129 Å². The lowest BCUT2D eigenvalue weighted by molar-refractivity contribution is -0.117. The molecule has 0 aromatic heterocycles. The fourth-order valence-corrected chi connectivity index (χ4v) is 5.10. The quantitative estimate of drug-likeness (QED) is 0.217. The summed E-state index contributed by atoms with van der Waals surface area (Å²) >= 11 is 3.51. The van der Waals surface area contributed by atoms with Gasteiger partial charge < -0.3 is 20.5 Å². The molecule has 39 heavy (non-hydrogen) atoms. The molecule has 1 amide bonds. The van der Waals surface area contributed by atoms with Gasteiger partial charge in [-0.2, -0.15) is 0 Å². The molecule has 0 spiro atoms. The molecule has 1 heterocycles. The number of hydrogen-bond acceptors (Lipinski definition) is 4. The number of hydrogen-bond donors (Lipinski definition) is 3. The number of carbonyl (C=O) groups excluding carboxylic acids is 1. The molecule has 2 atom stereocenters. The number of nitrogens with one attached hydrogen (secondary N) is 2. The zero-order valence-corrected chi connectivity index (χ0v) is 23.3. The van der Waals surface area contributed by atoms with E-state index in [0.717, 1.165) is 21.2 Å². The average molecular weight is 584 g/mol. The standard InChI is InChI=1S/C33H31BrN2O3/c1-22-8-7-11-24(16-22)20-35-21-30(37)29(17-23-9-3-2-4-10-23)36-33(38)28-18-25-14-15-26(34)19-32(25)39-31-13-6-5-12-27(28)31/h2-16,18-19,29-30,35,37H,17,20-21H2,1H3,(H,36,38)/t29-,30+/m0/s1. The van der Waals surface area contributed by atoms with Gasteiger partial charge in [0.2, 0.25) is 0 Å². The molecule has 6 heteroatoms. The highest BCUT2D eigenvalue weighted by molar-refractivity contribution is 9.10. The molecular weight excluding hydrogens is 552 g/mol. The van der Waals surface area contributed by atoms with E-state index in [2.05, 4.69) is 51.7 Å². The predicted octanol–water partition coefficient (Wildman–Crippen LogP) is 6.28. The number of rotatable bonds is 9. The zero-order valence-electron chi connectivity index (χ0n) is 21.7. The van der Waals surface area contributed by atoms with Crippen LogP contribution in [-0.2, 0) is 17.8 Å². The van der Waals surface area contributed by atoms with Crippen molar-refractivity contribution < 1.29 is 14.6 Å². The molecule has 0 aliphatic carbocycles. The van der Waals surface area contributed by atoms with Crippen molar-refractivity contribution in [2.24, 2.45) is 0 Å². The number of aliphatic hydroxyl groups is 1. The first-order chi connectivity index (χ1) is 19.0. The van der Waals surface area contributed by atoms with Gasteiger partial charge in [0.25, 0.3) is 5.91 Å². The van der Waals surface area contributed by atoms with Gasteiger partial charge in [-0.25, -0.2) is 0 Å². The lowest BCUT2D eigenvalue weighted by Gasteiger charge is -2.25. The highest BCUT2D eigenvalue weighted by atomic mass is 79.9. The summed E-state index contributed by atoms with van der Waals surface area (Å²) < 4.78 is 7.09. The topological polar surface area (TPSA) is 70.6 Å². The summed E-state index contributed by atoms with van der Waals surface area (Å²) in [5.41, 5.74) is 5.38. The molecule has 1 aliphatic heterocycles. The molecule has 5 nitrogen and oxygen atoms in total. The normalized spacial score (nSPS) is 13.7. The maximum absolute atomic E-state index is 13.9. The van der Waals surface area contributed by atoms with Crippen LogP contribution in [0.25, 0.3) is 11.6 Å². The Morgan fingerprint density at radius 1 is 0.897 bits per heavy atom. The minimum Gasteiger partial charge on any atom is -0.456 e. The Balaban J connectivity index is 1.38. The van der Waals surface area contributed by atoms with Crippen molar-refractivity contribution in [2.45, 2.75) is 32.0 Å². The van der Waals surface area contributed by atoms with E-state index in [1.807, 2.05) is 84.9 Å². The van der Waals surface area contributed by atoms with Gasteiger partial charge in [-0.3, -0.25) is 4.79 Å². The number of benzene rings is 4. The second-order valence-electron chi connectivity index (χ2n) is 9.80. The highest BCUT2D eigenvalue weighted by Crippen LogP contribution is 2.39. The smallest absolute Gasteiger partial charge is 0.252 e. The molecule has 198 valence electrons. The Kier molecular flexibility index (Phi) is 8.57.